The standard InChI is InChI=1S/C15H14F3N3O3S/c16-15(17,18)10-3-8(2-1-7(10)5-19)21-6-9-12-4-11(20)13(24-12)14(9)25(21,22)23/h1-3,9,11-14H,4,6,20H2/t9-,11-,12-,13-,14-/m0/s1. The monoisotopic (exact) mass is 373 g/mol. The smallest absolute Gasteiger partial charge is 0.371 e. The average Bonchev–Trinajstić information content (AvgIpc) is 3.15. The van der Waals surface area contributed by atoms with Crippen LogP contribution >= 0.6 is 0 Å². The van der Waals surface area contributed by atoms with Gasteiger partial charge in [0.1, 0.15) is 5.25 Å². The number of ether oxygens (including phenoxy) is 1. The fraction of sp³-hybridized carbons (Fsp3) is 0.533. The van der Waals surface area contributed by atoms with Crippen LogP contribution in [-0.4, -0.2) is 38.5 Å². The molecular weight excluding hydrogens is 359 g/mol. The number of anilines is 1. The van der Waals surface area contributed by atoms with E-state index in [1.165, 1.54) is 12.1 Å². The lowest BCUT2D eigenvalue weighted by molar-refractivity contribution is -0.137. The van der Waals surface area contributed by atoms with Gasteiger partial charge in [0.25, 0.3) is 0 Å². The highest BCUT2D eigenvalue weighted by Gasteiger charge is 2.63. The van der Waals surface area contributed by atoms with E-state index in [1.807, 2.05) is 0 Å². The first-order chi connectivity index (χ1) is 11.6. The number of hydrogen-bond donors (Lipinski definition) is 1. The zero-order valence-electron chi connectivity index (χ0n) is 12.8. The van der Waals surface area contributed by atoms with E-state index in [0.717, 1.165) is 16.4 Å². The number of fused-ring (bicyclic) bond motifs is 5. The molecule has 0 spiro atoms. The Hall–Kier alpha value is -1.83. The number of rotatable bonds is 1. The SMILES string of the molecule is N#Cc1ccc(N2C[C@@H]3[C@@H]([C@H]4O[C@H]3C[C@@H]4N)S2(=O)=O)cc1C(F)(F)F. The Morgan fingerprint density at radius 1 is 1.36 bits per heavy atom. The Labute approximate surface area is 142 Å². The second-order valence-electron chi connectivity index (χ2n) is 6.58. The highest BCUT2D eigenvalue weighted by atomic mass is 32.2. The van der Waals surface area contributed by atoms with Crippen molar-refractivity contribution in [3.05, 3.63) is 29.3 Å². The van der Waals surface area contributed by atoms with Crippen LogP contribution in [0.4, 0.5) is 18.9 Å². The lowest BCUT2D eigenvalue weighted by Crippen LogP contribution is -2.46. The van der Waals surface area contributed by atoms with Crippen molar-refractivity contribution < 1.29 is 26.3 Å². The number of nitriles is 1. The first kappa shape index (κ1) is 16.6. The van der Waals surface area contributed by atoms with Crippen molar-refractivity contribution in [1.29, 1.82) is 5.26 Å². The van der Waals surface area contributed by atoms with Crippen molar-refractivity contribution in [1.82, 2.24) is 0 Å². The van der Waals surface area contributed by atoms with E-state index >= 15 is 0 Å². The molecule has 0 unspecified atom stereocenters. The van der Waals surface area contributed by atoms with Crippen LogP contribution in [0, 0.1) is 17.2 Å². The molecule has 0 aliphatic carbocycles. The molecule has 1 aromatic carbocycles. The molecule has 3 saturated heterocycles. The van der Waals surface area contributed by atoms with E-state index in [2.05, 4.69) is 0 Å². The van der Waals surface area contributed by atoms with Gasteiger partial charge >= 0.3 is 6.18 Å². The van der Waals surface area contributed by atoms with E-state index in [1.54, 1.807) is 0 Å². The van der Waals surface area contributed by atoms with Crippen molar-refractivity contribution in [2.45, 2.75) is 36.1 Å². The largest absolute Gasteiger partial charge is 0.417 e. The average molecular weight is 373 g/mol. The molecule has 3 aliphatic heterocycles. The van der Waals surface area contributed by atoms with E-state index in [4.69, 9.17) is 15.7 Å². The lowest BCUT2D eigenvalue weighted by atomic mass is 9.86. The molecule has 0 saturated carbocycles. The van der Waals surface area contributed by atoms with Crippen molar-refractivity contribution in [2.24, 2.45) is 11.7 Å². The third-order valence-corrected chi connectivity index (χ3v) is 7.51. The molecule has 3 heterocycles. The quantitative estimate of drug-likeness (QED) is 0.798. The van der Waals surface area contributed by atoms with Gasteiger partial charge < -0.3 is 10.5 Å². The van der Waals surface area contributed by atoms with Crippen LogP contribution in [0.2, 0.25) is 0 Å². The first-order valence-electron chi connectivity index (χ1n) is 7.68. The number of nitrogens with two attached hydrogens (primary N) is 1. The summed E-state index contributed by atoms with van der Waals surface area (Å²) in [5, 5.41) is 8.04. The summed E-state index contributed by atoms with van der Waals surface area (Å²) in [7, 11) is -3.89. The van der Waals surface area contributed by atoms with E-state index in [9.17, 15) is 21.6 Å². The van der Waals surface area contributed by atoms with Crippen molar-refractivity contribution in [2.75, 3.05) is 10.8 Å². The first-order valence-corrected chi connectivity index (χ1v) is 9.19. The summed E-state index contributed by atoms with van der Waals surface area (Å²) in [6.07, 6.45) is -5.10. The maximum atomic E-state index is 13.2. The van der Waals surface area contributed by atoms with Gasteiger partial charge in [0.15, 0.2) is 0 Å². The van der Waals surface area contributed by atoms with Gasteiger partial charge in [-0.15, -0.1) is 0 Å². The number of nitrogens with zero attached hydrogens (tertiary/aromatic N) is 2. The number of benzene rings is 1. The zero-order valence-corrected chi connectivity index (χ0v) is 13.6. The Kier molecular flexibility index (Phi) is 3.39. The van der Waals surface area contributed by atoms with Gasteiger partial charge in [-0.3, -0.25) is 4.31 Å². The van der Waals surface area contributed by atoms with Gasteiger partial charge in [-0.2, -0.15) is 18.4 Å². The fourth-order valence-corrected chi connectivity index (χ4v) is 6.53. The second kappa shape index (κ2) is 5.09. The van der Waals surface area contributed by atoms with E-state index in [0.29, 0.717) is 6.42 Å². The summed E-state index contributed by atoms with van der Waals surface area (Å²) in [6, 6.07) is 4.06. The minimum Gasteiger partial charge on any atom is -0.371 e. The molecule has 2 bridgehead atoms. The lowest BCUT2D eigenvalue weighted by Gasteiger charge is -2.24. The summed E-state index contributed by atoms with van der Waals surface area (Å²) >= 11 is 0. The highest BCUT2D eigenvalue weighted by Crippen LogP contribution is 2.49. The van der Waals surface area contributed by atoms with Gasteiger partial charge in [0.2, 0.25) is 10.0 Å². The minimum atomic E-state index is -4.75. The molecule has 4 rings (SSSR count). The summed E-state index contributed by atoms with van der Waals surface area (Å²) in [5.41, 5.74) is 4.13. The molecule has 0 amide bonds. The van der Waals surface area contributed by atoms with Crippen molar-refractivity contribution in [3.63, 3.8) is 0 Å². The highest BCUT2D eigenvalue weighted by molar-refractivity contribution is 7.93. The Morgan fingerprint density at radius 2 is 2.08 bits per heavy atom. The number of alkyl halides is 3. The van der Waals surface area contributed by atoms with Crippen LogP contribution in [0.5, 0.6) is 0 Å². The van der Waals surface area contributed by atoms with Gasteiger partial charge in [-0.05, 0) is 24.6 Å². The van der Waals surface area contributed by atoms with Gasteiger partial charge in [0.05, 0.1) is 35.1 Å². The van der Waals surface area contributed by atoms with Crippen LogP contribution in [0.25, 0.3) is 0 Å². The predicted octanol–water partition coefficient (Wildman–Crippen LogP) is 1.21. The Balaban J connectivity index is 1.76. The topological polar surface area (TPSA) is 96.4 Å². The molecule has 3 fully saturated rings. The van der Waals surface area contributed by atoms with Crippen LogP contribution in [0.15, 0.2) is 18.2 Å². The molecule has 0 radical (unpaired) electrons. The Bertz CT molecular complexity index is 880. The fourth-order valence-electron chi connectivity index (χ4n) is 4.14. The molecular formula is C15H14F3N3O3S. The molecule has 6 nitrogen and oxygen atoms in total. The van der Waals surface area contributed by atoms with Crippen molar-refractivity contribution in [3.8, 4) is 6.07 Å². The maximum Gasteiger partial charge on any atom is 0.417 e. The molecule has 5 atom stereocenters. The van der Waals surface area contributed by atoms with Crippen LogP contribution in [-0.2, 0) is 20.9 Å². The summed E-state index contributed by atoms with van der Waals surface area (Å²) in [6.45, 7) is 0.0596. The summed E-state index contributed by atoms with van der Waals surface area (Å²) in [5.74, 6) is -0.306. The van der Waals surface area contributed by atoms with Gasteiger partial charge in [-0.1, -0.05) is 0 Å². The molecule has 0 aromatic heterocycles. The maximum absolute atomic E-state index is 13.2. The summed E-state index contributed by atoms with van der Waals surface area (Å²) < 4.78 is 71.8. The van der Waals surface area contributed by atoms with Gasteiger partial charge in [-0.25, -0.2) is 8.42 Å². The third kappa shape index (κ3) is 2.26. The molecule has 25 heavy (non-hydrogen) atoms. The predicted molar refractivity (Wildman–Crippen MR) is 81.0 cm³/mol. The van der Waals surface area contributed by atoms with Crippen LogP contribution < -0.4 is 10.0 Å². The number of sulfonamides is 1. The molecule has 3 aliphatic rings. The minimum absolute atomic E-state index is 0.0596. The molecule has 2 N–H and O–H groups in total. The zero-order chi connectivity index (χ0) is 18.1. The van der Waals surface area contributed by atoms with Crippen LogP contribution in [0.1, 0.15) is 17.5 Å². The van der Waals surface area contributed by atoms with Crippen molar-refractivity contribution >= 4 is 15.7 Å². The number of hydrogen-bond acceptors (Lipinski definition) is 5. The van der Waals surface area contributed by atoms with E-state index in [-0.39, 0.29) is 30.3 Å². The van der Waals surface area contributed by atoms with E-state index < -0.39 is 38.7 Å². The number of halogens is 3. The normalized spacial score (nSPS) is 35.6. The second-order valence-corrected chi connectivity index (χ2v) is 8.60. The molecule has 1 aromatic rings. The summed E-state index contributed by atoms with van der Waals surface area (Å²) in [4.78, 5) is 0. The third-order valence-electron chi connectivity index (χ3n) is 5.23. The van der Waals surface area contributed by atoms with Gasteiger partial charge in [0, 0.05) is 18.5 Å². The molecule has 134 valence electrons. The molecule has 10 heteroatoms. The Morgan fingerprint density at radius 3 is 2.72 bits per heavy atom. The van der Waals surface area contributed by atoms with Crippen LogP contribution in [0.3, 0.4) is 0 Å².